The van der Waals surface area contributed by atoms with Crippen LogP contribution in [0.15, 0.2) is 24.5 Å². The Kier molecular flexibility index (Phi) is 2.38. The molecular formula is C8H9F2NO. The van der Waals surface area contributed by atoms with Gasteiger partial charge in [-0.05, 0) is 19.1 Å². The van der Waals surface area contributed by atoms with E-state index < -0.39 is 12.0 Å². The van der Waals surface area contributed by atoms with Gasteiger partial charge in [0, 0.05) is 18.0 Å². The van der Waals surface area contributed by atoms with Crippen LogP contribution in [-0.2, 0) is 5.92 Å². The smallest absolute Gasteiger partial charge is 0.299 e. The van der Waals surface area contributed by atoms with Crippen LogP contribution in [0.5, 0.6) is 0 Å². The summed E-state index contributed by atoms with van der Waals surface area (Å²) < 4.78 is 26.0. The molecule has 0 radical (unpaired) electrons. The van der Waals surface area contributed by atoms with Crippen LogP contribution in [0.25, 0.3) is 0 Å². The number of hydrogen-bond acceptors (Lipinski definition) is 2. The highest BCUT2D eigenvalue weighted by molar-refractivity contribution is 5.16. The standard InChI is InChI=1S/C8H9F2NO/c1-6(12)8(9,10)7-3-2-4-11-5-7/h2-6,12H,1H3/t6-/m0/s1. The van der Waals surface area contributed by atoms with Gasteiger partial charge in [0.05, 0.1) is 0 Å². The second-order valence-electron chi connectivity index (χ2n) is 2.54. The third-order valence-electron chi connectivity index (χ3n) is 1.57. The molecule has 0 bridgehead atoms. The van der Waals surface area contributed by atoms with Gasteiger partial charge in [-0.1, -0.05) is 0 Å². The van der Waals surface area contributed by atoms with E-state index in [0.29, 0.717) is 0 Å². The van der Waals surface area contributed by atoms with Crippen LogP contribution in [0.2, 0.25) is 0 Å². The van der Waals surface area contributed by atoms with Crippen LogP contribution in [-0.4, -0.2) is 16.2 Å². The van der Waals surface area contributed by atoms with Crippen LogP contribution in [0.1, 0.15) is 12.5 Å². The average molecular weight is 173 g/mol. The van der Waals surface area contributed by atoms with E-state index in [2.05, 4.69) is 4.98 Å². The van der Waals surface area contributed by atoms with Gasteiger partial charge in [0.1, 0.15) is 6.10 Å². The van der Waals surface area contributed by atoms with Gasteiger partial charge < -0.3 is 5.11 Å². The summed E-state index contributed by atoms with van der Waals surface area (Å²) in [7, 11) is 0. The number of pyridine rings is 1. The quantitative estimate of drug-likeness (QED) is 0.736. The van der Waals surface area contributed by atoms with Gasteiger partial charge >= 0.3 is 0 Å². The third kappa shape index (κ3) is 1.58. The summed E-state index contributed by atoms with van der Waals surface area (Å²) in [5.41, 5.74) is -0.264. The maximum atomic E-state index is 13.0. The lowest BCUT2D eigenvalue weighted by Gasteiger charge is -2.18. The Morgan fingerprint density at radius 3 is 2.67 bits per heavy atom. The summed E-state index contributed by atoms with van der Waals surface area (Å²) in [6.07, 6.45) is 0.760. The molecule has 0 unspecified atom stereocenters. The summed E-state index contributed by atoms with van der Waals surface area (Å²) >= 11 is 0. The second kappa shape index (κ2) is 3.15. The molecule has 1 N–H and O–H groups in total. The number of aliphatic hydroxyl groups excluding tert-OH is 1. The Bertz CT molecular complexity index is 248. The zero-order valence-electron chi connectivity index (χ0n) is 6.54. The van der Waals surface area contributed by atoms with E-state index in [1.807, 2.05) is 0 Å². The van der Waals surface area contributed by atoms with Gasteiger partial charge in [0.25, 0.3) is 5.92 Å². The number of halogens is 2. The Labute approximate surface area is 68.9 Å². The lowest BCUT2D eigenvalue weighted by atomic mass is 10.1. The fourth-order valence-electron chi connectivity index (χ4n) is 0.801. The molecule has 0 aromatic carbocycles. The van der Waals surface area contributed by atoms with E-state index in [4.69, 9.17) is 5.11 Å². The van der Waals surface area contributed by atoms with Crippen molar-refractivity contribution in [2.24, 2.45) is 0 Å². The Balaban J connectivity index is 2.98. The number of aromatic nitrogens is 1. The van der Waals surface area contributed by atoms with Crippen molar-refractivity contribution in [3.63, 3.8) is 0 Å². The first kappa shape index (κ1) is 9.06. The second-order valence-corrected chi connectivity index (χ2v) is 2.54. The molecule has 0 saturated heterocycles. The predicted octanol–water partition coefficient (Wildman–Crippen LogP) is 1.55. The molecule has 1 rings (SSSR count). The molecule has 0 saturated carbocycles. The van der Waals surface area contributed by atoms with Crippen LogP contribution in [0, 0.1) is 0 Å². The Morgan fingerprint density at radius 1 is 1.58 bits per heavy atom. The molecule has 66 valence electrons. The van der Waals surface area contributed by atoms with Crippen molar-refractivity contribution in [1.82, 2.24) is 4.98 Å². The minimum Gasteiger partial charge on any atom is -0.387 e. The van der Waals surface area contributed by atoms with Crippen molar-refractivity contribution < 1.29 is 13.9 Å². The van der Waals surface area contributed by atoms with Crippen molar-refractivity contribution in [2.75, 3.05) is 0 Å². The minimum atomic E-state index is -3.21. The monoisotopic (exact) mass is 173 g/mol. The number of aliphatic hydroxyl groups is 1. The number of rotatable bonds is 2. The van der Waals surface area contributed by atoms with Gasteiger partial charge in [-0.2, -0.15) is 8.78 Å². The van der Waals surface area contributed by atoms with Crippen molar-refractivity contribution in [1.29, 1.82) is 0 Å². The summed E-state index contributed by atoms with van der Waals surface area (Å²) in [6.45, 7) is 1.05. The third-order valence-corrected chi connectivity index (χ3v) is 1.57. The average Bonchev–Trinajstić information content (AvgIpc) is 2.06. The largest absolute Gasteiger partial charge is 0.387 e. The maximum Gasteiger partial charge on any atom is 0.299 e. The van der Waals surface area contributed by atoms with Crippen LogP contribution in [0.4, 0.5) is 8.78 Å². The molecule has 1 atom stereocenters. The minimum absolute atomic E-state index is 0.264. The Morgan fingerprint density at radius 2 is 2.25 bits per heavy atom. The lowest BCUT2D eigenvalue weighted by molar-refractivity contribution is -0.106. The Hall–Kier alpha value is -1.03. The number of alkyl halides is 2. The molecule has 4 heteroatoms. The highest BCUT2D eigenvalue weighted by Gasteiger charge is 2.37. The van der Waals surface area contributed by atoms with E-state index in [-0.39, 0.29) is 5.56 Å². The molecule has 1 heterocycles. The van der Waals surface area contributed by atoms with Gasteiger partial charge in [-0.15, -0.1) is 0 Å². The van der Waals surface area contributed by atoms with E-state index in [9.17, 15) is 8.78 Å². The van der Waals surface area contributed by atoms with Gasteiger partial charge in [0.15, 0.2) is 0 Å². The molecule has 1 aromatic rings. The van der Waals surface area contributed by atoms with Crippen molar-refractivity contribution in [3.8, 4) is 0 Å². The van der Waals surface area contributed by atoms with Gasteiger partial charge in [-0.25, -0.2) is 0 Å². The maximum absolute atomic E-state index is 13.0. The first-order chi connectivity index (χ1) is 5.55. The zero-order chi connectivity index (χ0) is 9.19. The highest BCUT2D eigenvalue weighted by Crippen LogP contribution is 2.30. The molecule has 1 aromatic heterocycles. The molecule has 0 aliphatic heterocycles. The van der Waals surface area contributed by atoms with E-state index in [1.54, 1.807) is 0 Å². The van der Waals surface area contributed by atoms with Crippen molar-refractivity contribution in [2.45, 2.75) is 19.0 Å². The summed E-state index contributed by atoms with van der Waals surface area (Å²) in [4.78, 5) is 3.54. The highest BCUT2D eigenvalue weighted by atomic mass is 19.3. The SMILES string of the molecule is C[C@H](O)C(F)(F)c1cccnc1. The molecule has 12 heavy (non-hydrogen) atoms. The molecule has 0 spiro atoms. The number of nitrogens with zero attached hydrogens (tertiary/aromatic N) is 1. The van der Waals surface area contributed by atoms with Crippen LogP contribution < -0.4 is 0 Å². The van der Waals surface area contributed by atoms with E-state index in [1.165, 1.54) is 18.3 Å². The molecule has 2 nitrogen and oxygen atoms in total. The van der Waals surface area contributed by atoms with Gasteiger partial charge in [-0.3, -0.25) is 4.98 Å². The summed E-state index contributed by atoms with van der Waals surface area (Å²) in [5.74, 6) is -3.21. The van der Waals surface area contributed by atoms with Crippen molar-refractivity contribution in [3.05, 3.63) is 30.1 Å². The molecule has 0 fully saturated rings. The topological polar surface area (TPSA) is 33.1 Å². The molecule has 0 amide bonds. The van der Waals surface area contributed by atoms with E-state index in [0.717, 1.165) is 13.1 Å². The van der Waals surface area contributed by atoms with Crippen LogP contribution >= 0.6 is 0 Å². The van der Waals surface area contributed by atoms with Crippen molar-refractivity contribution >= 4 is 0 Å². The summed E-state index contributed by atoms with van der Waals surface area (Å²) in [5, 5.41) is 8.76. The van der Waals surface area contributed by atoms with Gasteiger partial charge in [0.2, 0.25) is 0 Å². The first-order valence-electron chi connectivity index (χ1n) is 3.51. The fraction of sp³-hybridized carbons (Fsp3) is 0.375. The lowest BCUT2D eigenvalue weighted by Crippen LogP contribution is -2.27. The summed E-state index contributed by atoms with van der Waals surface area (Å²) in [6, 6.07) is 2.64. The molecular weight excluding hydrogens is 164 g/mol. The molecule has 0 aliphatic rings. The van der Waals surface area contributed by atoms with E-state index >= 15 is 0 Å². The fourth-order valence-corrected chi connectivity index (χ4v) is 0.801. The zero-order valence-corrected chi connectivity index (χ0v) is 6.54. The van der Waals surface area contributed by atoms with Crippen LogP contribution in [0.3, 0.4) is 0 Å². The first-order valence-corrected chi connectivity index (χ1v) is 3.51. The normalized spacial score (nSPS) is 14.3. The predicted molar refractivity (Wildman–Crippen MR) is 39.8 cm³/mol. The number of hydrogen-bond donors (Lipinski definition) is 1. The molecule has 0 aliphatic carbocycles.